The lowest BCUT2D eigenvalue weighted by Crippen LogP contribution is -1.99. The van der Waals surface area contributed by atoms with Gasteiger partial charge in [0.2, 0.25) is 0 Å². The Balaban J connectivity index is 1.01. The number of aromatic nitrogens is 2. The maximum atomic E-state index is 8.96. The van der Waals surface area contributed by atoms with Gasteiger partial charge in [-0.3, -0.25) is 0 Å². The molecule has 0 unspecified atom stereocenters. The summed E-state index contributed by atoms with van der Waals surface area (Å²) in [5.74, 6) is 2.56. The number of unbranched alkanes of at least 4 members (excludes halogenated alkanes) is 12. The highest BCUT2D eigenvalue weighted by molar-refractivity contribution is 5.65. The van der Waals surface area contributed by atoms with E-state index in [2.05, 4.69) is 35.1 Å². The van der Waals surface area contributed by atoms with Crippen molar-refractivity contribution in [2.24, 2.45) is 0 Å². The molecule has 46 heavy (non-hydrogen) atoms. The average molecular weight is 618 g/mol. The molecule has 0 N–H and O–H groups in total. The number of nitriles is 1. The molecule has 4 aromatic rings. The van der Waals surface area contributed by atoms with Gasteiger partial charge in [0, 0.05) is 18.0 Å². The van der Waals surface area contributed by atoms with E-state index in [-0.39, 0.29) is 0 Å². The van der Waals surface area contributed by atoms with Crippen molar-refractivity contribution in [3.8, 4) is 40.1 Å². The number of hydrogen-bond acceptors (Lipinski definition) is 5. The zero-order valence-electron chi connectivity index (χ0n) is 27.8. The number of hydrogen-bond donors (Lipinski definition) is 0. The van der Waals surface area contributed by atoms with Crippen LogP contribution in [-0.4, -0.2) is 23.2 Å². The van der Waals surface area contributed by atoms with Crippen molar-refractivity contribution in [3.05, 3.63) is 96.3 Å². The van der Waals surface area contributed by atoms with Gasteiger partial charge < -0.3 is 9.47 Å². The van der Waals surface area contributed by atoms with Crippen LogP contribution in [0.2, 0.25) is 0 Å². The second-order valence-electron chi connectivity index (χ2n) is 12.2. The highest BCUT2D eigenvalue weighted by atomic mass is 16.5. The van der Waals surface area contributed by atoms with Crippen LogP contribution >= 0.6 is 0 Å². The van der Waals surface area contributed by atoms with Crippen molar-refractivity contribution >= 4 is 0 Å². The van der Waals surface area contributed by atoms with Crippen LogP contribution < -0.4 is 9.47 Å². The molecule has 0 bridgehead atoms. The number of rotatable bonds is 22. The summed E-state index contributed by atoms with van der Waals surface area (Å²) in [6, 6.07) is 26.1. The van der Waals surface area contributed by atoms with Gasteiger partial charge in [0.05, 0.1) is 24.8 Å². The van der Waals surface area contributed by atoms with Gasteiger partial charge in [0.15, 0.2) is 5.82 Å². The number of nitrogens with zero attached hydrogens (tertiary/aromatic N) is 3. The molecule has 0 saturated heterocycles. The van der Waals surface area contributed by atoms with E-state index >= 15 is 0 Å². The molecule has 5 heteroatoms. The van der Waals surface area contributed by atoms with Gasteiger partial charge >= 0.3 is 0 Å². The monoisotopic (exact) mass is 617 g/mol. The van der Waals surface area contributed by atoms with Gasteiger partial charge in [-0.15, -0.1) is 0 Å². The van der Waals surface area contributed by atoms with E-state index in [1.807, 2.05) is 73.1 Å². The zero-order valence-corrected chi connectivity index (χ0v) is 27.8. The van der Waals surface area contributed by atoms with Gasteiger partial charge in [-0.1, -0.05) is 102 Å². The van der Waals surface area contributed by atoms with Crippen molar-refractivity contribution in [1.29, 1.82) is 5.26 Å². The molecule has 0 aliphatic carbocycles. The normalized spacial score (nSPS) is 10.9. The van der Waals surface area contributed by atoms with Gasteiger partial charge in [-0.05, 0) is 90.9 Å². The Labute approximate surface area is 277 Å². The fourth-order valence-electron chi connectivity index (χ4n) is 5.57. The van der Waals surface area contributed by atoms with Crippen LogP contribution in [0.15, 0.2) is 85.2 Å². The van der Waals surface area contributed by atoms with E-state index < -0.39 is 0 Å². The summed E-state index contributed by atoms with van der Waals surface area (Å²) in [6.45, 7) is 3.73. The summed E-state index contributed by atoms with van der Waals surface area (Å²) in [5.41, 5.74) is 5.14. The SMILES string of the molecule is CCCCCCCCCCCc1cnc(-c2ccc(OCCCCCCCOc3ccc(-c4ccc(C#N)cc4)cc3)cc2)nc1. The molecule has 4 rings (SSSR count). The zero-order chi connectivity index (χ0) is 32.1. The van der Waals surface area contributed by atoms with E-state index in [9.17, 15) is 0 Å². The molecule has 0 fully saturated rings. The quantitative estimate of drug-likeness (QED) is 0.0821. The molecule has 1 aromatic heterocycles. The van der Waals surface area contributed by atoms with Crippen molar-refractivity contribution in [2.45, 2.75) is 103 Å². The topological polar surface area (TPSA) is 68.0 Å². The summed E-state index contributed by atoms with van der Waals surface area (Å²) in [4.78, 5) is 9.24. The molecule has 242 valence electrons. The van der Waals surface area contributed by atoms with E-state index in [1.165, 1.54) is 69.8 Å². The molecule has 0 spiro atoms. The van der Waals surface area contributed by atoms with Gasteiger partial charge in [-0.25, -0.2) is 9.97 Å². The van der Waals surface area contributed by atoms with Gasteiger partial charge in [0.1, 0.15) is 11.5 Å². The standard InChI is InChI=1S/C41H51N3O2/c1-2-3-4-5-6-7-8-10-13-16-35-32-43-41(44-33-35)38-23-27-40(28-24-38)46-30-15-12-9-11-14-29-45-39-25-21-37(22-26-39)36-19-17-34(31-42)18-20-36/h17-28,32-33H,2-16,29-30H2,1H3. The second kappa shape index (κ2) is 20.8. The lowest BCUT2D eigenvalue weighted by Gasteiger charge is -2.09. The summed E-state index contributed by atoms with van der Waals surface area (Å²) in [7, 11) is 0. The highest BCUT2D eigenvalue weighted by Gasteiger charge is 2.04. The Kier molecular flexibility index (Phi) is 15.7. The Morgan fingerprint density at radius 3 is 1.46 bits per heavy atom. The van der Waals surface area contributed by atoms with Gasteiger partial charge in [-0.2, -0.15) is 5.26 Å². The van der Waals surface area contributed by atoms with Crippen molar-refractivity contribution in [3.63, 3.8) is 0 Å². The maximum absolute atomic E-state index is 8.96. The van der Waals surface area contributed by atoms with E-state index in [0.717, 1.165) is 79.3 Å². The van der Waals surface area contributed by atoms with E-state index in [1.54, 1.807) is 0 Å². The van der Waals surface area contributed by atoms with Crippen LogP contribution in [0.25, 0.3) is 22.5 Å². The molecule has 3 aromatic carbocycles. The minimum atomic E-state index is 0.674. The minimum Gasteiger partial charge on any atom is -0.494 e. The highest BCUT2D eigenvalue weighted by Crippen LogP contribution is 2.23. The first-order valence-electron chi connectivity index (χ1n) is 17.5. The predicted molar refractivity (Wildman–Crippen MR) is 189 cm³/mol. The summed E-state index contributed by atoms with van der Waals surface area (Å²) in [5, 5.41) is 8.96. The molecule has 0 atom stereocenters. The summed E-state index contributed by atoms with van der Waals surface area (Å²) in [6.07, 6.45) is 22.7. The number of aryl methyl sites for hydroxylation is 1. The first-order chi connectivity index (χ1) is 22.7. The largest absolute Gasteiger partial charge is 0.494 e. The summed E-state index contributed by atoms with van der Waals surface area (Å²) >= 11 is 0. The first-order valence-corrected chi connectivity index (χ1v) is 17.5. The van der Waals surface area contributed by atoms with Crippen molar-refractivity contribution < 1.29 is 9.47 Å². The molecule has 5 nitrogen and oxygen atoms in total. The van der Waals surface area contributed by atoms with Crippen molar-refractivity contribution in [2.75, 3.05) is 13.2 Å². The van der Waals surface area contributed by atoms with Crippen LogP contribution in [0.5, 0.6) is 11.5 Å². The molecule has 0 aliphatic heterocycles. The predicted octanol–water partition coefficient (Wildman–Crippen LogP) is 11.2. The van der Waals surface area contributed by atoms with Crippen LogP contribution in [0.4, 0.5) is 0 Å². The number of ether oxygens (including phenoxy) is 2. The summed E-state index contributed by atoms with van der Waals surface area (Å²) < 4.78 is 11.9. The Hall–Kier alpha value is -4.17. The third kappa shape index (κ3) is 12.7. The van der Waals surface area contributed by atoms with Crippen LogP contribution in [0.1, 0.15) is 108 Å². The Bertz CT molecular complexity index is 1410. The lowest BCUT2D eigenvalue weighted by molar-refractivity contribution is 0.293. The molecule has 1 heterocycles. The minimum absolute atomic E-state index is 0.674. The van der Waals surface area contributed by atoms with E-state index in [0.29, 0.717) is 5.56 Å². The molecular weight excluding hydrogens is 566 g/mol. The smallest absolute Gasteiger partial charge is 0.159 e. The third-order valence-electron chi connectivity index (χ3n) is 8.41. The third-order valence-corrected chi connectivity index (χ3v) is 8.41. The van der Waals surface area contributed by atoms with Crippen LogP contribution in [-0.2, 0) is 6.42 Å². The lowest BCUT2D eigenvalue weighted by atomic mass is 10.0. The molecular formula is C41H51N3O2. The van der Waals surface area contributed by atoms with Crippen LogP contribution in [0.3, 0.4) is 0 Å². The maximum Gasteiger partial charge on any atom is 0.159 e. The average Bonchev–Trinajstić information content (AvgIpc) is 3.11. The molecule has 0 aliphatic rings. The van der Waals surface area contributed by atoms with Crippen LogP contribution in [0, 0.1) is 11.3 Å². The fraction of sp³-hybridized carbons (Fsp3) is 0.439. The Morgan fingerprint density at radius 2 is 0.957 bits per heavy atom. The first kappa shape index (κ1) is 34.7. The Morgan fingerprint density at radius 1 is 0.522 bits per heavy atom. The second-order valence-corrected chi connectivity index (χ2v) is 12.2. The molecule has 0 amide bonds. The molecule has 0 radical (unpaired) electrons. The van der Waals surface area contributed by atoms with E-state index in [4.69, 9.17) is 14.7 Å². The van der Waals surface area contributed by atoms with Gasteiger partial charge in [0.25, 0.3) is 0 Å². The fourth-order valence-corrected chi connectivity index (χ4v) is 5.57. The number of benzene rings is 3. The molecule has 0 saturated carbocycles. The van der Waals surface area contributed by atoms with Crippen molar-refractivity contribution in [1.82, 2.24) is 9.97 Å².